The van der Waals surface area contributed by atoms with E-state index >= 15 is 0 Å². The van der Waals surface area contributed by atoms with Crippen molar-refractivity contribution in [3.63, 3.8) is 0 Å². The van der Waals surface area contributed by atoms with Crippen molar-refractivity contribution in [2.24, 2.45) is 5.73 Å². The first kappa shape index (κ1) is 15.7. The van der Waals surface area contributed by atoms with Crippen LogP contribution in [0.3, 0.4) is 0 Å². The summed E-state index contributed by atoms with van der Waals surface area (Å²) in [5, 5.41) is 8.26. The summed E-state index contributed by atoms with van der Waals surface area (Å²) >= 11 is 7.68. The minimum Gasteiger partial charge on any atom is -0.496 e. The highest BCUT2D eigenvalue weighted by Crippen LogP contribution is 2.24. The molecule has 0 saturated carbocycles. The fraction of sp³-hybridized carbons (Fsp3) is 0.188. The zero-order valence-electron chi connectivity index (χ0n) is 11.7. The van der Waals surface area contributed by atoms with Gasteiger partial charge in [0.1, 0.15) is 11.6 Å². The Morgan fingerprint density at radius 2 is 1.76 bits per heavy atom. The summed E-state index contributed by atoms with van der Waals surface area (Å²) in [6.45, 7) is 0. The van der Waals surface area contributed by atoms with Crippen LogP contribution in [0, 0.1) is 5.41 Å². The second-order valence-electron chi connectivity index (χ2n) is 4.57. The number of nitrogens with two attached hydrogens (primary N) is 1. The van der Waals surface area contributed by atoms with Crippen molar-refractivity contribution in [2.45, 2.75) is 11.5 Å². The summed E-state index contributed by atoms with van der Waals surface area (Å²) in [6.07, 6.45) is 0. The van der Waals surface area contributed by atoms with Crippen molar-refractivity contribution in [2.75, 3.05) is 7.11 Å². The Morgan fingerprint density at radius 1 is 1.14 bits per heavy atom. The number of methoxy groups -OCH3 is 1. The van der Waals surface area contributed by atoms with Gasteiger partial charge in [-0.15, -0.1) is 0 Å². The Hall–Kier alpha value is -1.65. The minimum atomic E-state index is 0.0206. The number of benzene rings is 2. The van der Waals surface area contributed by atoms with Crippen molar-refractivity contribution in [3.8, 4) is 5.75 Å². The Labute approximate surface area is 134 Å². The van der Waals surface area contributed by atoms with Crippen LogP contribution in [0.5, 0.6) is 5.75 Å². The highest BCUT2D eigenvalue weighted by atomic mass is 35.5. The Morgan fingerprint density at radius 3 is 2.38 bits per heavy atom. The smallest absolute Gasteiger partial charge is 0.130 e. The summed E-state index contributed by atoms with van der Waals surface area (Å²) < 4.78 is 5.28. The zero-order valence-corrected chi connectivity index (χ0v) is 13.3. The fourth-order valence-electron chi connectivity index (χ4n) is 1.92. The van der Waals surface area contributed by atoms with E-state index in [0.29, 0.717) is 11.3 Å². The van der Waals surface area contributed by atoms with Gasteiger partial charge >= 0.3 is 0 Å². The highest BCUT2D eigenvalue weighted by molar-refractivity contribution is 7.97. The van der Waals surface area contributed by atoms with E-state index < -0.39 is 0 Å². The highest BCUT2D eigenvalue weighted by Gasteiger charge is 2.07. The van der Waals surface area contributed by atoms with E-state index in [0.717, 1.165) is 22.1 Å². The van der Waals surface area contributed by atoms with Gasteiger partial charge in [-0.1, -0.05) is 29.8 Å². The third kappa shape index (κ3) is 4.41. The lowest BCUT2D eigenvalue weighted by Crippen LogP contribution is -2.12. The molecule has 0 aliphatic carbocycles. The van der Waals surface area contributed by atoms with Crippen molar-refractivity contribution in [3.05, 3.63) is 64.2 Å². The molecule has 0 aromatic heterocycles. The molecule has 2 aromatic carbocycles. The molecule has 0 radical (unpaired) electrons. The number of nitrogens with one attached hydrogen (secondary N) is 1. The van der Waals surface area contributed by atoms with E-state index in [1.807, 2.05) is 54.2 Å². The SMILES string of the molecule is COc1cc(CSCc2ccc(Cl)cc2)ccc1C(=N)N. The number of hydrogen-bond acceptors (Lipinski definition) is 3. The first-order chi connectivity index (χ1) is 10.1. The Kier molecular flexibility index (Phi) is 5.53. The molecular weight excluding hydrogens is 304 g/mol. The van der Waals surface area contributed by atoms with Crippen LogP contribution in [0.15, 0.2) is 42.5 Å². The standard InChI is InChI=1S/C16H17ClN2OS/c1-20-15-8-12(4-7-14(15)16(18)19)10-21-9-11-2-5-13(17)6-3-11/h2-8H,9-10H2,1H3,(H3,18,19). The van der Waals surface area contributed by atoms with E-state index in [2.05, 4.69) is 0 Å². The summed E-state index contributed by atoms with van der Waals surface area (Å²) in [4.78, 5) is 0. The van der Waals surface area contributed by atoms with E-state index in [1.165, 1.54) is 5.56 Å². The molecule has 2 rings (SSSR count). The van der Waals surface area contributed by atoms with Gasteiger partial charge in [-0.3, -0.25) is 5.41 Å². The Bertz CT molecular complexity index is 629. The lowest BCUT2D eigenvalue weighted by molar-refractivity contribution is 0.413. The molecule has 0 saturated heterocycles. The summed E-state index contributed by atoms with van der Waals surface area (Å²) in [5.41, 5.74) is 8.54. The topological polar surface area (TPSA) is 59.1 Å². The average molecular weight is 321 g/mol. The fourth-order valence-corrected chi connectivity index (χ4v) is 2.99. The second kappa shape index (κ2) is 7.38. The van der Waals surface area contributed by atoms with E-state index in [-0.39, 0.29) is 5.84 Å². The van der Waals surface area contributed by atoms with Gasteiger partial charge in [0, 0.05) is 16.5 Å². The molecule has 0 atom stereocenters. The molecule has 0 spiro atoms. The largest absolute Gasteiger partial charge is 0.496 e. The maximum Gasteiger partial charge on any atom is 0.130 e. The minimum absolute atomic E-state index is 0.0206. The monoisotopic (exact) mass is 320 g/mol. The number of ether oxygens (including phenoxy) is 1. The van der Waals surface area contributed by atoms with Gasteiger partial charge in [-0.25, -0.2) is 0 Å². The number of amidine groups is 1. The molecule has 0 unspecified atom stereocenters. The summed E-state index contributed by atoms with van der Waals surface area (Å²) in [6, 6.07) is 13.6. The van der Waals surface area contributed by atoms with Gasteiger partial charge < -0.3 is 10.5 Å². The lowest BCUT2D eigenvalue weighted by atomic mass is 10.1. The van der Waals surface area contributed by atoms with E-state index in [4.69, 9.17) is 27.5 Å². The molecule has 0 aliphatic heterocycles. The van der Waals surface area contributed by atoms with Crippen LogP contribution in [0.1, 0.15) is 16.7 Å². The predicted octanol–water partition coefficient (Wildman–Crippen LogP) is 4.07. The van der Waals surface area contributed by atoms with E-state index in [1.54, 1.807) is 7.11 Å². The number of rotatable bonds is 6. The van der Waals surface area contributed by atoms with Gasteiger partial charge in [-0.2, -0.15) is 11.8 Å². The first-order valence-corrected chi connectivity index (χ1v) is 7.97. The zero-order chi connectivity index (χ0) is 15.2. The van der Waals surface area contributed by atoms with Gasteiger partial charge in [0.05, 0.1) is 12.7 Å². The Balaban J connectivity index is 1.97. The molecule has 0 heterocycles. The molecule has 0 aliphatic rings. The number of nitrogen functional groups attached to an aromatic ring is 1. The summed E-state index contributed by atoms with van der Waals surface area (Å²) in [5.74, 6) is 2.46. The third-order valence-electron chi connectivity index (χ3n) is 3.01. The van der Waals surface area contributed by atoms with Crippen LogP contribution in [0.25, 0.3) is 0 Å². The number of thioether (sulfide) groups is 1. The molecular formula is C16H17ClN2OS. The molecule has 3 nitrogen and oxygen atoms in total. The van der Waals surface area contributed by atoms with Crippen molar-refractivity contribution in [1.82, 2.24) is 0 Å². The van der Waals surface area contributed by atoms with Crippen LogP contribution in [-0.4, -0.2) is 12.9 Å². The maximum atomic E-state index is 7.50. The second-order valence-corrected chi connectivity index (χ2v) is 5.99. The maximum absolute atomic E-state index is 7.50. The first-order valence-electron chi connectivity index (χ1n) is 6.43. The molecule has 0 bridgehead atoms. The van der Waals surface area contributed by atoms with E-state index in [9.17, 15) is 0 Å². The molecule has 0 fully saturated rings. The van der Waals surface area contributed by atoms with Crippen molar-refractivity contribution >= 4 is 29.2 Å². The molecule has 2 aromatic rings. The average Bonchev–Trinajstić information content (AvgIpc) is 2.49. The van der Waals surface area contributed by atoms with Crippen LogP contribution in [-0.2, 0) is 11.5 Å². The van der Waals surface area contributed by atoms with Crippen molar-refractivity contribution in [1.29, 1.82) is 5.41 Å². The van der Waals surface area contributed by atoms with Gasteiger partial charge in [0.25, 0.3) is 0 Å². The van der Waals surface area contributed by atoms with Crippen LogP contribution in [0.4, 0.5) is 0 Å². The third-order valence-corrected chi connectivity index (χ3v) is 4.33. The number of halogens is 1. The van der Waals surface area contributed by atoms with Crippen molar-refractivity contribution < 1.29 is 4.74 Å². The van der Waals surface area contributed by atoms with Gasteiger partial charge in [-0.05, 0) is 35.4 Å². The number of hydrogen-bond donors (Lipinski definition) is 2. The quantitative estimate of drug-likeness (QED) is 0.623. The van der Waals surface area contributed by atoms with Crippen LogP contribution in [0.2, 0.25) is 5.02 Å². The lowest BCUT2D eigenvalue weighted by Gasteiger charge is -2.09. The van der Waals surface area contributed by atoms with Gasteiger partial charge in [0.15, 0.2) is 0 Å². The van der Waals surface area contributed by atoms with Crippen LogP contribution < -0.4 is 10.5 Å². The molecule has 21 heavy (non-hydrogen) atoms. The van der Waals surface area contributed by atoms with Gasteiger partial charge in [0.2, 0.25) is 0 Å². The molecule has 5 heteroatoms. The summed E-state index contributed by atoms with van der Waals surface area (Å²) in [7, 11) is 1.59. The molecule has 0 amide bonds. The van der Waals surface area contributed by atoms with Crippen LogP contribution >= 0.6 is 23.4 Å². The predicted molar refractivity (Wildman–Crippen MR) is 90.5 cm³/mol. The molecule has 3 N–H and O–H groups in total. The molecule has 110 valence electrons. The normalized spacial score (nSPS) is 10.4.